The van der Waals surface area contributed by atoms with Crippen LogP contribution < -0.4 is 5.32 Å². The molecule has 19 heavy (non-hydrogen) atoms. The average molecular weight is 375 g/mol. The van der Waals surface area contributed by atoms with Crippen LogP contribution in [-0.4, -0.2) is 33.6 Å². The van der Waals surface area contributed by atoms with Crippen molar-refractivity contribution < 1.29 is 22.4 Å². The minimum Gasteiger partial charge on any atom is -0.443 e. The lowest BCUT2D eigenvalue weighted by atomic mass is 10.1. The Hall–Kier alpha value is -0.570. The van der Waals surface area contributed by atoms with Crippen LogP contribution in [0.3, 0.4) is 0 Å². The van der Waals surface area contributed by atoms with E-state index in [-0.39, 0.29) is 15.3 Å². The quantitative estimate of drug-likeness (QED) is 0.798. The van der Waals surface area contributed by atoms with Gasteiger partial charge in [-0.3, -0.25) is 4.79 Å². The van der Waals surface area contributed by atoms with Crippen LogP contribution in [0.15, 0.2) is 20.0 Å². The Balaban J connectivity index is 2.97. The number of carbonyl (C=O) groups is 1. The predicted octanol–water partition coefficient (Wildman–Crippen LogP) is 2.12. The smallest absolute Gasteiger partial charge is 0.287 e. The summed E-state index contributed by atoms with van der Waals surface area (Å²) in [6.45, 7) is 3.80. The molecular formula is C10H13BrClNO5S. The number of carbonyl (C=O) groups excluding carboxylic acids is 1. The summed E-state index contributed by atoms with van der Waals surface area (Å²) in [6, 6.07) is 1.06. The molecule has 0 atom stereocenters. The van der Waals surface area contributed by atoms with Crippen LogP contribution in [0.25, 0.3) is 0 Å². The van der Waals surface area contributed by atoms with Crippen molar-refractivity contribution in [1.82, 2.24) is 5.32 Å². The number of nitrogens with one attached hydrogen (secondary N) is 1. The van der Waals surface area contributed by atoms with E-state index >= 15 is 0 Å². The Bertz CT molecular complexity index is 581. The molecule has 0 fully saturated rings. The van der Waals surface area contributed by atoms with E-state index in [0.29, 0.717) is 6.61 Å². The van der Waals surface area contributed by atoms with Crippen LogP contribution in [0.2, 0.25) is 0 Å². The number of rotatable bonds is 5. The highest BCUT2D eigenvalue weighted by Crippen LogP contribution is 2.28. The third-order valence-electron chi connectivity index (χ3n) is 2.10. The lowest BCUT2D eigenvalue weighted by Crippen LogP contribution is -2.46. The predicted molar refractivity (Wildman–Crippen MR) is 72.9 cm³/mol. The topological polar surface area (TPSA) is 85.6 Å². The lowest BCUT2D eigenvalue weighted by Gasteiger charge is -2.24. The first-order valence-corrected chi connectivity index (χ1v) is 8.22. The van der Waals surface area contributed by atoms with Gasteiger partial charge in [0.25, 0.3) is 15.0 Å². The molecule has 0 spiro atoms. The SMILES string of the molecule is COCC(C)(C)NC(=O)c1cc(S(=O)(=O)Cl)c(Br)o1. The fourth-order valence-corrected chi connectivity index (χ4v) is 3.43. The van der Waals surface area contributed by atoms with Crippen molar-refractivity contribution in [2.75, 3.05) is 13.7 Å². The zero-order chi connectivity index (χ0) is 14.8. The largest absolute Gasteiger partial charge is 0.443 e. The van der Waals surface area contributed by atoms with Crippen LogP contribution in [-0.2, 0) is 13.8 Å². The van der Waals surface area contributed by atoms with Gasteiger partial charge in [-0.05, 0) is 29.8 Å². The Kier molecular flexibility index (Phi) is 5.05. The first-order valence-electron chi connectivity index (χ1n) is 5.12. The molecule has 9 heteroatoms. The van der Waals surface area contributed by atoms with Gasteiger partial charge in [-0.1, -0.05) is 0 Å². The number of amides is 1. The minimum atomic E-state index is -3.97. The van der Waals surface area contributed by atoms with Crippen molar-refractivity contribution in [3.05, 3.63) is 16.5 Å². The van der Waals surface area contributed by atoms with E-state index < -0.39 is 20.5 Å². The summed E-state index contributed by atoms with van der Waals surface area (Å²) in [5.74, 6) is -0.718. The van der Waals surface area contributed by atoms with Gasteiger partial charge in [0.1, 0.15) is 4.90 Å². The zero-order valence-corrected chi connectivity index (χ0v) is 13.6. The average Bonchev–Trinajstić information content (AvgIpc) is 2.58. The number of ether oxygens (including phenoxy) is 1. The normalized spacial score (nSPS) is 12.5. The molecule has 0 radical (unpaired) electrons. The Morgan fingerprint density at radius 1 is 1.58 bits per heavy atom. The molecule has 1 aromatic heterocycles. The van der Waals surface area contributed by atoms with Gasteiger partial charge in [-0.25, -0.2) is 8.42 Å². The molecule has 0 aliphatic carbocycles. The van der Waals surface area contributed by atoms with Crippen molar-refractivity contribution in [2.45, 2.75) is 24.3 Å². The fraction of sp³-hybridized carbons (Fsp3) is 0.500. The van der Waals surface area contributed by atoms with Crippen molar-refractivity contribution in [3.63, 3.8) is 0 Å². The summed E-state index contributed by atoms with van der Waals surface area (Å²) in [6.07, 6.45) is 0. The third kappa shape index (κ3) is 4.48. The van der Waals surface area contributed by atoms with E-state index in [4.69, 9.17) is 19.8 Å². The zero-order valence-electron chi connectivity index (χ0n) is 10.5. The van der Waals surface area contributed by atoms with Gasteiger partial charge in [0.15, 0.2) is 10.4 Å². The van der Waals surface area contributed by atoms with E-state index in [9.17, 15) is 13.2 Å². The van der Waals surface area contributed by atoms with Crippen molar-refractivity contribution >= 4 is 41.6 Å². The van der Waals surface area contributed by atoms with E-state index in [1.54, 1.807) is 13.8 Å². The molecule has 0 saturated carbocycles. The molecule has 0 aliphatic rings. The maximum absolute atomic E-state index is 11.9. The summed E-state index contributed by atoms with van der Waals surface area (Å²) in [5.41, 5.74) is -0.620. The van der Waals surface area contributed by atoms with Gasteiger partial charge in [-0.15, -0.1) is 0 Å². The fourth-order valence-electron chi connectivity index (χ4n) is 1.40. The van der Waals surface area contributed by atoms with Gasteiger partial charge >= 0.3 is 0 Å². The van der Waals surface area contributed by atoms with Gasteiger partial charge in [0, 0.05) is 23.9 Å². The van der Waals surface area contributed by atoms with Crippen molar-refractivity contribution in [3.8, 4) is 0 Å². The minimum absolute atomic E-state index is 0.114. The van der Waals surface area contributed by atoms with Gasteiger partial charge < -0.3 is 14.5 Å². The molecule has 1 rings (SSSR count). The number of furan rings is 1. The monoisotopic (exact) mass is 373 g/mol. The Labute approximate surface area is 124 Å². The lowest BCUT2D eigenvalue weighted by molar-refractivity contribution is 0.0792. The standard InChI is InChI=1S/C10H13BrClNO5S/c1-10(2,5-17-3)13-9(14)6-4-7(8(11)18-6)19(12,15)16/h4H,5H2,1-3H3,(H,13,14). The summed E-state index contributed by atoms with van der Waals surface area (Å²) in [5, 5.41) is 2.65. The Morgan fingerprint density at radius 3 is 2.58 bits per heavy atom. The summed E-state index contributed by atoms with van der Waals surface area (Å²) in [7, 11) is 2.73. The maximum Gasteiger partial charge on any atom is 0.287 e. The first-order chi connectivity index (χ1) is 8.57. The third-order valence-corrected chi connectivity index (χ3v) is 4.28. The van der Waals surface area contributed by atoms with Crippen LogP contribution in [0.1, 0.15) is 24.4 Å². The van der Waals surface area contributed by atoms with Crippen LogP contribution in [0, 0.1) is 0 Å². The van der Waals surface area contributed by atoms with E-state index in [0.717, 1.165) is 6.07 Å². The molecule has 0 unspecified atom stereocenters. The van der Waals surface area contributed by atoms with Crippen LogP contribution >= 0.6 is 26.6 Å². The van der Waals surface area contributed by atoms with E-state index in [1.807, 2.05) is 0 Å². The number of methoxy groups -OCH3 is 1. The Morgan fingerprint density at radius 2 is 2.16 bits per heavy atom. The number of hydrogen-bond donors (Lipinski definition) is 1. The number of halogens is 2. The highest BCUT2D eigenvalue weighted by molar-refractivity contribution is 9.10. The van der Waals surface area contributed by atoms with E-state index in [1.165, 1.54) is 7.11 Å². The van der Waals surface area contributed by atoms with Gasteiger partial charge in [-0.2, -0.15) is 0 Å². The molecule has 1 aromatic rings. The first kappa shape index (κ1) is 16.5. The molecule has 0 saturated heterocycles. The molecule has 1 amide bonds. The summed E-state index contributed by atoms with van der Waals surface area (Å²) < 4.78 is 32.3. The van der Waals surface area contributed by atoms with Gasteiger partial charge in [0.2, 0.25) is 0 Å². The van der Waals surface area contributed by atoms with Gasteiger partial charge in [0.05, 0.1) is 12.1 Å². The van der Waals surface area contributed by atoms with Crippen LogP contribution in [0.5, 0.6) is 0 Å². The highest BCUT2D eigenvalue weighted by atomic mass is 79.9. The molecule has 1 heterocycles. The molecule has 0 aliphatic heterocycles. The molecule has 0 bridgehead atoms. The second kappa shape index (κ2) is 5.82. The number of hydrogen-bond acceptors (Lipinski definition) is 5. The highest BCUT2D eigenvalue weighted by Gasteiger charge is 2.27. The van der Waals surface area contributed by atoms with Crippen molar-refractivity contribution in [2.24, 2.45) is 0 Å². The van der Waals surface area contributed by atoms with E-state index in [2.05, 4.69) is 21.2 Å². The molecule has 1 N–H and O–H groups in total. The molecule has 108 valence electrons. The molecular weight excluding hydrogens is 362 g/mol. The maximum atomic E-state index is 11.9. The van der Waals surface area contributed by atoms with Crippen molar-refractivity contribution in [1.29, 1.82) is 0 Å². The molecule has 0 aromatic carbocycles. The second-order valence-corrected chi connectivity index (χ2v) is 7.71. The molecule has 6 nitrogen and oxygen atoms in total. The summed E-state index contributed by atoms with van der Waals surface area (Å²) >= 11 is 2.90. The second-order valence-electron chi connectivity index (χ2n) is 4.46. The van der Waals surface area contributed by atoms with Crippen LogP contribution in [0.4, 0.5) is 0 Å². The summed E-state index contributed by atoms with van der Waals surface area (Å²) in [4.78, 5) is 11.6.